The quantitative estimate of drug-likeness (QED) is 0.464. The van der Waals surface area contributed by atoms with E-state index >= 15 is 0 Å². The SMILES string of the molecule is CCC[C@H](CO)NN1N=CC[C@@H](Cl)N1. The Balaban J connectivity index is 2.34. The van der Waals surface area contributed by atoms with E-state index in [-0.39, 0.29) is 18.1 Å². The zero-order chi connectivity index (χ0) is 10.4. The number of nitrogens with zero attached hydrogens (tertiary/aromatic N) is 2. The van der Waals surface area contributed by atoms with Gasteiger partial charge in [0, 0.05) is 12.6 Å². The van der Waals surface area contributed by atoms with Crippen LogP contribution in [0.5, 0.6) is 0 Å². The average molecular weight is 221 g/mol. The molecule has 6 heteroatoms. The Labute approximate surface area is 89.1 Å². The molecule has 0 aromatic carbocycles. The predicted octanol–water partition coefficient (Wildman–Crippen LogP) is 0.413. The van der Waals surface area contributed by atoms with Gasteiger partial charge in [-0.05, 0) is 6.42 Å². The maximum atomic E-state index is 9.05. The van der Waals surface area contributed by atoms with Crippen LogP contribution in [-0.4, -0.2) is 34.7 Å². The van der Waals surface area contributed by atoms with Crippen LogP contribution in [0.25, 0.3) is 0 Å². The Morgan fingerprint density at radius 2 is 2.64 bits per heavy atom. The van der Waals surface area contributed by atoms with Gasteiger partial charge >= 0.3 is 0 Å². The van der Waals surface area contributed by atoms with Crippen LogP contribution in [0.15, 0.2) is 5.10 Å². The van der Waals surface area contributed by atoms with Gasteiger partial charge in [-0.3, -0.25) is 0 Å². The topological polar surface area (TPSA) is 59.9 Å². The number of hydrazine groups is 2. The summed E-state index contributed by atoms with van der Waals surface area (Å²) in [6.45, 7) is 2.16. The summed E-state index contributed by atoms with van der Waals surface area (Å²) in [6.07, 6.45) is 4.36. The van der Waals surface area contributed by atoms with Crippen molar-refractivity contribution in [3.63, 3.8) is 0 Å². The van der Waals surface area contributed by atoms with Gasteiger partial charge in [0.05, 0.1) is 12.6 Å². The van der Waals surface area contributed by atoms with E-state index in [9.17, 15) is 0 Å². The molecule has 1 aliphatic heterocycles. The van der Waals surface area contributed by atoms with Crippen molar-refractivity contribution in [3.05, 3.63) is 0 Å². The number of hydrogen-bond donors (Lipinski definition) is 3. The van der Waals surface area contributed by atoms with E-state index in [0.29, 0.717) is 6.42 Å². The first-order valence-electron chi connectivity index (χ1n) is 4.86. The van der Waals surface area contributed by atoms with Gasteiger partial charge in [-0.1, -0.05) is 13.3 Å². The monoisotopic (exact) mass is 220 g/mol. The zero-order valence-electron chi connectivity index (χ0n) is 8.28. The highest BCUT2D eigenvalue weighted by Crippen LogP contribution is 2.03. The lowest BCUT2D eigenvalue weighted by Crippen LogP contribution is -2.54. The van der Waals surface area contributed by atoms with E-state index in [2.05, 4.69) is 22.9 Å². The van der Waals surface area contributed by atoms with Gasteiger partial charge in [0.25, 0.3) is 0 Å². The third-order valence-electron chi connectivity index (χ3n) is 1.93. The minimum absolute atomic E-state index is 0.0200. The molecule has 0 aromatic heterocycles. The minimum Gasteiger partial charge on any atom is -0.395 e. The molecule has 1 aliphatic rings. The normalized spacial score (nSPS) is 23.9. The molecule has 0 spiro atoms. The van der Waals surface area contributed by atoms with Crippen molar-refractivity contribution in [2.24, 2.45) is 5.10 Å². The molecule has 14 heavy (non-hydrogen) atoms. The maximum Gasteiger partial charge on any atom is 0.108 e. The van der Waals surface area contributed by atoms with Crippen LogP contribution in [-0.2, 0) is 0 Å². The number of alkyl halides is 1. The number of aliphatic hydroxyl groups is 1. The molecule has 0 saturated heterocycles. The highest BCUT2D eigenvalue weighted by Gasteiger charge is 2.15. The van der Waals surface area contributed by atoms with Crippen LogP contribution in [0, 0.1) is 0 Å². The van der Waals surface area contributed by atoms with Crippen molar-refractivity contribution in [3.8, 4) is 0 Å². The second-order valence-corrected chi connectivity index (χ2v) is 3.77. The largest absolute Gasteiger partial charge is 0.395 e. The van der Waals surface area contributed by atoms with Crippen LogP contribution in [0.4, 0.5) is 0 Å². The summed E-state index contributed by atoms with van der Waals surface area (Å²) in [7, 11) is 0. The molecular weight excluding hydrogens is 204 g/mol. The van der Waals surface area contributed by atoms with E-state index in [1.165, 1.54) is 5.23 Å². The summed E-state index contributed by atoms with van der Waals surface area (Å²) in [4.78, 5) is 0. The second kappa shape index (κ2) is 6.19. The van der Waals surface area contributed by atoms with Crippen molar-refractivity contribution in [1.29, 1.82) is 0 Å². The lowest BCUT2D eigenvalue weighted by atomic mass is 10.2. The van der Waals surface area contributed by atoms with Gasteiger partial charge in [0.1, 0.15) is 5.50 Å². The summed E-state index contributed by atoms with van der Waals surface area (Å²) in [5.74, 6) is 0. The third-order valence-corrected chi connectivity index (χ3v) is 2.21. The lowest BCUT2D eigenvalue weighted by molar-refractivity contribution is 0.0602. The summed E-state index contributed by atoms with van der Waals surface area (Å²) in [5, 5.41) is 14.6. The molecule has 0 amide bonds. The van der Waals surface area contributed by atoms with E-state index in [4.69, 9.17) is 16.7 Å². The first kappa shape index (κ1) is 11.7. The van der Waals surface area contributed by atoms with Gasteiger partial charge in [0.15, 0.2) is 0 Å². The van der Waals surface area contributed by atoms with Gasteiger partial charge in [-0.25, -0.2) is 0 Å². The summed E-state index contributed by atoms with van der Waals surface area (Å²) < 4.78 is 0. The second-order valence-electron chi connectivity index (χ2n) is 3.24. The highest BCUT2D eigenvalue weighted by atomic mass is 35.5. The van der Waals surface area contributed by atoms with Crippen LogP contribution >= 0.6 is 11.6 Å². The Morgan fingerprint density at radius 3 is 3.21 bits per heavy atom. The smallest absolute Gasteiger partial charge is 0.108 e. The van der Waals surface area contributed by atoms with Crippen LogP contribution in [0.3, 0.4) is 0 Å². The van der Waals surface area contributed by atoms with Gasteiger partial charge in [0.2, 0.25) is 0 Å². The maximum absolute atomic E-state index is 9.05. The molecule has 0 unspecified atom stereocenters. The van der Waals surface area contributed by atoms with Gasteiger partial charge < -0.3 is 5.11 Å². The fraction of sp³-hybridized carbons (Fsp3) is 0.875. The van der Waals surface area contributed by atoms with Crippen molar-refractivity contribution in [2.75, 3.05) is 6.61 Å². The first-order valence-corrected chi connectivity index (χ1v) is 5.29. The van der Waals surface area contributed by atoms with Crippen molar-refractivity contribution < 1.29 is 5.11 Å². The van der Waals surface area contributed by atoms with Crippen LogP contribution < -0.4 is 10.9 Å². The molecule has 3 N–H and O–H groups in total. The van der Waals surface area contributed by atoms with Crippen LogP contribution in [0.2, 0.25) is 0 Å². The Morgan fingerprint density at radius 1 is 1.86 bits per heavy atom. The fourth-order valence-electron chi connectivity index (χ4n) is 1.23. The molecular formula is C8H17ClN4O. The van der Waals surface area contributed by atoms with Crippen LogP contribution in [0.1, 0.15) is 26.2 Å². The van der Waals surface area contributed by atoms with Crippen molar-refractivity contribution >= 4 is 17.8 Å². The van der Waals surface area contributed by atoms with Crippen molar-refractivity contribution in [2.45, 2.75) is 37.7 Å². The fourth-order valence-corrected chi connectivity index (χ4v) is 1.40. The summed E-state index contributed by atoms with van der Waals surface area (Å²) in [6, 6.07) is 0.0200. The van der Waals surface area contributed by atoms with E-state index in [1.54, 1.807) is 6.21 Å². The molecule has 1 rings (SSSR count). The summed E-state index contributed by atoms with van der Waals surface area (Å²) >= 11 is 5.87. The Hall–Kier alpha value is -0.360. The molecule has 0 aromatic rings. The standard InChI is InChI=1S/C8H17ClN4O/c1-2-3-7(6-14)11-13-10-5-4-8(9)12-13/h5,7-8,11-12,14H,2-4,6H2,1H3/t7-,8+/m1/s1. The molecule has 0 radical (unpaired) electrons. The molecule has 5 nitrogen and oxygen atoms in total. The van der Waals surface area contributed by atoms with Gasteiger partial charge in [-0.15, -0.1) is 11.6 Å². The number of hydrogen-bond acceptors (Lipinski definition) is 5. The third kappa shape index (κ3) is 3.79. The average Bonchev–Trinajstić information content (AvgIpc) is 2.17. The number of nitrogens with one attached hydrogen (secondary N) is 2. The number of rotatable bonds is 5. The molecule has 82 valence electrons. The molecule has 0 saturated carbocycles. The Bertz CT molecular complexity index is 190. The number of aliphatic hydroxyl groups excluding tert-OH is 1. The number of halogens is 1. The zero-order valence-corrected chi connectivity index (χ0v) is 9.04. The lowest BCUT2D eigenvalue weighted by Gasteiger charge is -2.29. The predicted molar refractivity (Wildman–Crippen MR) is 56.6 cm³/mol. The van der Waals surface area contributed by atoms with E-state index in [0.717, 1.165) is 12.8 Å². The Kier molecular flexibility index (Phi) is 5.17. The van der Waals surface area contributed by atoms with Gasteiger partial charge in [-0.2, -0.15) is 21.2 Å². The molecule has 1 heterocycles. The first-order chi connectivity index (χ1) is 6.76. The van der Waals surface area contributed by atoms with E-state index < -0.39 is 0 Å². The van der Waals surface area contributed by atoms with E-state index in [1.807, 2.05) is 0 Å². The number of hydrazone groups is 1. The minimum atomic E-state index is -0.138. The van der Waals surface area contributed by atoms with Crippen molar-refractivity contribution in [1.82, 2.24) is 16.1 Å². The molecule has 0 fully saturated rings. The summed E-state index contributed by atoms with van der Waals surface area (Å²) in [5.41, 5.74) is 5.81. The molecule has 0 aliphatic carbocycles. The molecule has 2 atom stereocenters. The molecule has 0 bridgehead atoms. The highest BCUT2D eigenvalue weighted by molar-refractivity contribution is 6.21.